The molecule has 1 aromatic carbocycles. The lowest BCUT2D eigenvalue weighted by Crippen LogP contribution is -3.15. The summed E-state index contributed by atoms with van der Waals surface area (Å²) in [6.45, 7) is 4.15. The number of rotatable bonds is 4. The summed E-state index contributed by atoms with van der Waals surface area (Å²) >= 11 is 0. The fourth-order valence-corrected chi connectivity index (χ4v) is 2.41. The van der Waals surface area contributed by atoms with Gasteiger partial charge in [0, 0.05) is 0 Å². The Balaban J connectivity index is 1.82. The third kappa shape index (κ3) is 3.65. The second-order valence-electron chi connectivity index (χ2n) is 4.88. The van der Waals surface area contributed by atoms with Crippen molar-refractivity contribution in [2.75, 3.05) is 44.2 Å². The zero-order valence-electron chi connectivity index (χ0n) is 11.4. The van der Waals surface area contributed by atoms with Gasteiger partial charge in [0.05, 0.1) is 38.4 Å². The highest BCUT2D eigenvalue weighted by molar-refractivity contribution is 5.77. The molecule has 0 saturated carbocycles. The van der Waals surface area contributed by atoms with Gasteiger partial charge in [-0.1, -0.05) is 18.1 Å². The van der Waals surface area contributed by atoms with E-state index in [4.69, 9.17) is 6.42 Å². The third-order valence-corrected chi connectivity index (χ3v) is 3.49. The van der Waals surface area contributed by atoms with E-state index < -0.39 is 0 Å². The van der Waals surface area contributed by atoms with Crippen LogP contribution >= 0.6 is 0 Å². The molecule has 0 atom stereocenters. The molecule has 3 N–H and O–H groups in total. The van der Waals surface area contributed by atoms with Crippen molar-refractivity contribution in [3.05, 3.63) is 24.3 Å². The van der Waals surface area contributed by atoms with Crippen LogP contribution in [-0.2, 0) is 4.79 Å². The Kier molecular flexibility index (Phi) is 4.85. The number of carbonyl (C=O) groups excluding carboxylic acids is 1. The monoisotopic (exact) mass is 274 g/mol. The van der Waals surface area contributed by atoms with Gasteiger partial charge in [0.1, 0.15) is 5.75 Å². The van der Waals surface area contributed by atoms with Crippen LogP contribution in [0.2, 0.25) is 0 Å². The fraction of sp³-hybridized carbons (Fsp3) is 0.400. The van der Waals surface area contributed by atoms with Crippen LogP contribution in [0.25, 0.3) is 0 Å². The van der Waals surface area contributed by atoms with Crippen molar-refractivity contribution in [1.82, 2.24) is 5.32 Å². The van der Waals surface area contributed by atoms with Gasteiger partial charge in [0.2, 0.25) is 0 Å². The highest BCUT2D eigenvalue weighted by atomic mass is 16.3. The largest absolute Gasteiger partial charge is 0.506 e. The molecule has 1 saturated heterocycles. The molecule has 0 aliphatic carbocycles. The number of phenolic OH excluding ortho intramolecular Hbond substituents is 1. The molecule has 106 valence electrons. The molecular weight excluding hydrogens is 254 g/mol. The Morgan fingerprint density at radius 3 is 2.75 bits per heavy atom. The minimum atomic E-state index is -0.00559. The fourth-order valence-electron chi connectivity index (χ4n) is 2.41. The number of hydrogen-bond acceptors (Lipinski definition) is 3. The highest BCUT2D eigenvalue weighted by Crippen LogP contribution is 2.25. The number of piperazine rings is 1. The molecule has 5 nitrogen and oxygen atoms in total. The lowest BCUT2D eigenvalue weighted by Gasteiger charge is -2.33. The minimum Gasteiger partial charge on any atom is -0.506 e. The third-order valence-electron chi connectivity index (χ3n) is 3.49. The first-order valence-electron chi connectivity index (χ1n) is 6.77. The Labute approximate surface area is 119 Å². The van der Waals surface area contributed by atoms with Crippen LogP contribution in [0.3, 0.4) is 0 Å². The van der Waals surface area contributed by atoms with Crippen molar-refractivity contribution < 1.29 is 14.8 Å². The van der Waals surface area contributed by atoms with Crippen LogP contribution in [-0.4, -0.2) is 50.3 Å². The standard InChI is InChI=1S/C15H19N3O2/c1-2-7-16-15(20)12-17-8-10-18(11-9-17)13-5-3-4-6-14(13)19/h1,3-6,19H,7-12H2,(H,16,20)/p+1. The zero-order valence-corrected chi connectivity index (χ0v) is 11.4. The van der Waals surface area contributed by atoms with Crippen LogP contribution in [0.15, 0.2) is 24.3 Å². The van der Waals surface area contributed by atoms with E-state index in [9.17, 15) is 9.90 Å². The molecule has 1 amide bonds. The van der Waals surface area contributed by atoms with Crippen LogP contribution in [0, 0.1) is 12.3 Å². The van der Waals surface area contributed by atoms with E-state index in [0.717, 1.165) is 31.9 Å². The molecule has 1 aliphatic rings. The molecule has 0 unspecified atom stereocenters. The average Bonchev–Trinajstić information content (AvgIpc) is 2.47. The molecule has 0 spiro atoms. The number of carbonyl (C=O) groups is 1. The Morgan fingerprint density at radius 1 is 1.40 bits per heavy atom. The molecule has 5 heteroatoms. The molecule has 2 rings (SSSR count). The highest BCUT2D eigenvalue weighted by Gasteiger charge is 2.23. The maximum absolute atomic E-state index is 11.6. The Hall–Kier alpha value is -2.19. The summed E-state index contributed by atoms with van der Waals surface area (Å²) in [7, 11) is 0. The summed E-state index contributed by atoms with van der Waals surface area (Å²) in [5.41, 5.74) is 0.864. The number of hydrogen-bond donors (Lipinski definition) is 3. The molecule has 20 heavy (non-hydrogen) atoms. The second-order valence-corrected chi connectivity index (χ2v) is 4.88. The van der Waals surface area contributed by atoms with Crippen molar-refractivity contribution in [2.24, 2.45) is 0 Å². The second kappa shape index (κ2) is 6.83. The Morgan fingerprint density at radius 2 is 2.10 bits per heavy atom. The first-order valence-corrected chi connectivity index (χ1v) is 6.77. The molecular formula is C15H20N3O2+. The van der Waals surface area contributed by atoms with E-state index in [1.54, 1.807) is 6.07 Å². The van der Waals surface area contributed by atoms with E-state index in [0.29, 0.717) is 12.3 Å². The van der Waals surface area contributed by atoms with Gasteiger partial charge in [0.15, 0.2) is 6.54 Å². The van der Waals surface area contributed by atoms with E-state index >= 15 is 0 Å². The van der Waals surface area contributed by atoms with Gasteiger partial charge in [-0.05, 0) is 12.1 Å². The van der Waals surface area contributed by atoms with E-state index in [1.807, 2.05) is 18.2 Å². The summed E-state index contributed by atoms with van der Waals surface area (Å²) < 4.78 is 0. The number of para-hydroxylation sites is 2. The maximum atomic E-state index is 11.6. The summed E-state index contributed by atoms with van der Waals surface area (Å²) in [6.07, 6.45) is 5.10. The molecule has 0 aromatic heterocycles. The smallest absolute Gasteiger partial charge is 0.275 e. The summed E-state index contributed by atoms with van der Waals surface area (Å²) in [5, 5.41) is 12.5. The first kappa shape index (κ1) is 14.2. The van der Waals surface area contributed by atoms with Crippen LogP contribution in [0.1, 0.15) is 0 Å². The molecule has 1 heterocycles. The van der Waals surface area contributed by atoms with Crippen molar-refractivity contribution >= 4 is 11.6 Å². The van der Waals surface area contributed by atoms with Crippen LogP contribution < -0.4 is 15.1 Å². The molecule has 1 aliphatic heterocycles. The van der Waals surface area contributed by atoms with Gasteiger partial charge in [0.25, 0.3) is 5.91 Å². The molecule has 0 bridgehead atoms. The maximum Gasteiger partial charge on any atom is 0.275 e. The number of terminal acetylenes is 1. The van der Waals surface area contributed by atoms with Gasteiger partial charge in [-0.2, -0.15) is 0 Å². The Bertz CT molecular complexity index is 502. The zero-order chi connectivity index (χ0) is 14.4. The predicted octanol–water partition coefficient (Wildman–Crippen LogP) is -1.15. The summed E-state index contributed by atoms with van der Waals surface area (Å²) in [6, 6.07) is 7.35. The number of quaternary nitrogens is 1. The van der Waals surface area contributed by atoms with Crippen molar-refractivity contribution in [2.45, 2.75) is 0 Å². The number of amides is 1. The number of nitrogens with zero attached hydrogens (tertiary/aromatic N) is 1. The average molecular weight is 274 g/mol. The topological polar surface area (TPSA) is 57.0 Å². The van der Waals surface area contributed by atoms with Gasteiger partial charge >= 0.3 is 0 Å². The van der Waals surface area contributed by atoms with Gasteiger partial charge < -0.3 is 20.2 Å². The summed E-state index contributed by atoms with van der Waals surface area (Å²) in [5.74, 6) is 2.70. The SMILES string of the molecule is C#CCNC(=O)C[NH+]1CCN(c2ccccc2O)CC1. The van der Waals surface area contributed by atoms with Crippen molar-refractivity contribution in [3.8, 4) is 18.1 Å². The number of benzene rings is 1. The number of phenols is 1. The number of aromatic hydroxyl groups is 1. The predicted molar refractivity (Wildman–Crippen MR) is 77.7 cm³/mol. The lowest BCUT2D eigenvalue weighted by atomic mass is 10.2. The van der Waals surface area contributed by atoms with Crippen LogP contribution in [0.4, 0.5) is 5.69 Å². The van der Waals surface area contributed by atoms with E-state index in [-0.39, 0.29) is 12.5 Å². The number of anilines is 1. The van der Waals surface area contributed by atoms with Crippen molar-refractivity contribution in [3.63, 3.8) is 0 Å². The normalized spacial score (nSPS) is 15.7. The van der Waals surface area contributed by atoms with Gasteiger partial charge in [-0.15, -0.1) is 6.42 Å². The van der Waals surface area contributed by atoms with Gasteiger partial charge in [-0.3, -0.25) is 4.79 Å². The quantitative estimate of drug-likeness (QED) is 0.608. The molecule has 1 aromatic rings. The molecule has 1 fully saturated rings. The first-order chi connectivity index (χ1) is 9.70. The summed E-state index contributed by atoms with van der Waals surface area (Å²) in [4.78, 5) is 15.0. The van der Waals surface area contributed by atoms with E-state index in [2.05, 4.69) is 16.1 Å². The number of nitrogens with one attached hydrogen (secondary N) is 2. The van der Waals surface area contributed by atoms with Crippen LogP contribution in [0.5, 0.6) is 5.75 Å². The molecule has 0 radical (unpaired) electrons. The lowest BCUT2D eigenvalue weighted by molar-refractivity contribution is -0.892. The van der Waals surface area contributed by atoms with Gasteiger partial charge in [-0.25, -0.2) is 0 Å². The minimum absolute atomic E-state index is 0.00559. The van der Waals surface area contributed by atoms with E-state index in [1.165, 1.54) is 4.90 Å². The van der Waals surface area contributed by atoms with Crippen molar-refractivity contribution in [1.29, 1.82) is 0 Å².